The van der Waals surface area contributed by atoms with Crippen molar-refractivity contribution < 1.29 is 27.9 Å². The average Bonchev–Trinajstić information content (AvgIpc) is 2.71. The maximum absolute atomic E-state index is 12.6. The van der Waals surface area contributed by atoms with Crippen LogP contribution in [0.3, 0.4) is 0 Å². The van der Waals surface area contributed by atoms with Crippen LogP contribution < -0.4 is 11.1 Å². The van der Waals surface area contributed by atoms with Crippen molar-refractivity contribution in [1.29, 1.82) is 0 Å². The summed E-state index contributed by atoms with van der Waals surface area (Å²) in [6.07, 6.45) is 2.82. The van der Waals surface area contributed by atoms with Crippen molar-refractivity contribution in [3.05, 3.63) is 53.4 Å². The molecule has 4 aliphatic carbocycles. The summed E-state index contributed by atoms with van der Waals surface area (Å²) in [5.41, 5.74) is 6.59. The number of aromatic carboxylic acids is 1. The van der Waals surface area contributed by atoms with E-state index in [1.165, 1.54) is 6.42 Å². The van der Waals surface area contributed by atoms with Crippen LogP contribution in [0.4, 0.5) is 13.2 Å². The first-order chi connectivity index (χ1) is 15.9. The van der Waals surface area contributed by atoms with Gasteiger partial charge in [0.1, 0.15) is 11.4 Å². The number of rotatable bonds is 3. The van der Waals surface area contributed by atoms with Crippen molar-refractivity contribution in [1.82, 2.24) is 20.3 Å². The van der Waals surface area contributed by atoms with E-state index in [1.807, 2.05) is 19.1 Å². The van der Waals surface area contributed by atoms with Crippen molar-refractivity contribution in [2.75, 3.05) is 0 Å². The molecule has 4 saturated carbocycles. The highest BCUT2D eigenvalue weighted by molar-refractivity contribution is 5.92. The summed E-state index contributed by atoms with van der Waals surface area (Å²) in [5.74, 6) is -1.10. The molecular weight excluding hydrogens is 451 g/mol. The summed E-state index contributed by atoms with van der Waals surface area (Å²) in [5, 5.41) is 11.6. The number of nitrogens with one attached hydrogen (secondary N) is 1. The summed E-state index contributed by atoms with van der Waals surface area (Å²) in [7, 11) is 0. The van der Waals surface area contributed by atoms with Gasteiger partial charge in [0.05, 0.1) is 0 Å². The van der Waals surface area contributed by atoms with Crippen molar-refractivity contribution in [2.24, 2.45) is 17.6 Å². The van der Waals surface area contributed by atoms with E-state index < -0.39 is 23.7 Å². The first-order valence-electron chi connectivity index (χ1n) is 11.1. The number of carbonyl (C=O) groups excluding carboxylic acids is 1. The summed E-state index contributed by atoms with van der Waals surface area (Å²) in [6.45, 7) is 1.91. The second kappa shape index (κ2) is 8.61. The molecule has 0 aromatic carbocycles. The smallest absolute Gasteiger partial charge is 0.433 e. The number of carbonyl (C=O) groups is 2. The molecule has 4 aliphatic rings. The zero-order chi connectivity index (χ0) is 24.7. The van der Waals surface area contributed by atoms with Crippen LogP contribution in [0.25, 0.3) is 0 Å². The maximum Gasteiger partial charge on any atom is 0.433 e. The number of carboxylic acids is 1. The van der Waals surface area contributed by atoms with Gasteiger partial charge in [-0.2, -0.15) is 13.2 Å². The SMILES string of the molecule is Cc1cccc(C(=O)NC23CC4CC(CC(N)(C4)C2)C3)n1.O=C(O)c1nccc(C(F)(F)F)n1. The maximum atomic E-state index is 12.6. The highest BCUT2D eigenvalue weighted by atomic mass is 19.4. The number of aryl methyl sites for hydroxylation is 1. The van der Waals surface area contributed by atoms with Gasteiger partial charge in [-0.15, -0.1) is 0 Å². The lowest BCUT2D eigenvalue weighted by Crippen LogP contribution is -2.68. The molecule has 8 nitrogen and oxygen atoms in total. The zero-order valence-electron chi connectivity index (χ0n) is 18.6. The molecule has 4 bridgehead atoms. The molecule has 6 rings (SSSR count). The minimum absolute atomic E-state index is 0.0377. The standard InChI is InChI=1S/C17H23N3O.C6H3F3N2O2/c1-11-3-2-4-14(19-11)15(21)20-17-8-12-5-13(9-17)7-16(18,6-12)10-17;7-6(8,9)3-1-2-10-4(11-3)5(12)13/h2-4,12-13H,5-10,18H2,1H3,(H,20,21);1-2H,(H,12,13). The molecule has 0 radical (unpaired) electrons. The van der Waals surface area contributed by atoms with Gasteiger partial charge in [-0.05, 0) is 75.5 Å². The van der Waals surface area contributed by atoms with Crippen molar-refractivity contribution in [3.8, 4) is 0 Å². The molecule has 4 fully saturated rings. The Bertz CT molecular complexity index is 1090. The van der Waals surface area contributed by atoms with E-state index >= 15 is 0 Å². The Morgan fingerprint density at radius 3 is 2.35 bits per heavy atom. The van der Waals surface area contributed by atoms with E-state index in [4.69, 9.17) is 10.8 Å². The first-order valence-corrected chi connectivity index (χ1v) is 11.1. The number of pyridine rings is 1. The monoisotopic (exact) mass is 477 g/mol. The summed E-state index contributed by atoms with van der Waals surface area (Å²) < 4.78 is 35.8. The van der Waals surface area contributed by atoms with Crippen LogP contribution in [0.1, 0.15) is 71.0 Å². The van der Waals surface area contributed by atoms with Crippen LogP contribution in [0, 0.1) is 18.8 Å². The minimum Gasteiger partial charge on any atom is -0.475 e. The van der Waals surface area contributed by atoms with Crippen LogP contribution in [-0.4, -0.2) is 43.0 Å². The number of hydrogen-bond acceptors (Lipinski definition) is 6. The summed E-state index contributed by atoms with van der Waals surface area (Å²) in [6, 6.07) is 6.20. The predicted octanol–water partition coefficient (Wildman–Crippen LogP) is 3.36. The van der Waals surface area contributed by atoms with Gasteiger partial charge >= 0.3 is 12.1 Å². The fourth-order valence-corrected chi connectivity index (χ4v) is 6.07. The molecule has 2 aromatic heterocycles. The van der Waals surface area contributed by atoms with E-state index in [-0.39, 0.29) is 17.0 Å². The van der Waals surface area contributed by atoms with Crippen molar-refractivity contribution in [2.45, 2.75) is 62.7 Å². The highest BCUT2D eigenvalue weighted by Crippen LogP contribution is 2.56. The molecule has 2 unspecified atom stereocenters. The Morgan fingerprint density at radius 1 is 1.12 bits per heavy atom. The molecule has 34 heavy (non-hydrogen) atoms. The number of amides is 1. The Labute approximate surface area is 194 Å². The minimum atomic E-state index is -4.65. The van der Waals surface area contributed by atoms with Gasteiger partial charge in [0.25, 0.3) is 5.91 Å². The molecule has 2 aromatic rings. The third-order valence-corrected chi connectivity index (χ3v) is 6.74. The lowest BCUT2D eigenvalue weighted by atomic mass is 9.50. The molecule has 11 heteroatoms. The molecule has 1 amide bonds. The lowest BCUT2D eigenvalue weighted by Gasteiger charge is -2.61. The van der Waals surface area contributed by atoms with Crippen LogP contribution in [0.2, 0.25) is 0 Å². The number of aromatic nitrogens is 3. The van der Waals surface area contributed by atoms with E-state index in [9.17, 15) is 22.8 Å². The molecule has 0 aliphatic heterocycles. The van der Waals surface area contributed by atoms with E-state index in [2.05, 4.69) is 20.3 Å². The van der Waals surface area contributed by atoms with Gasteiger partial charge in [0.2, 0.25) is 5.82 Å². The number of nitrogens with two attached hydrogens (primary N) is 1. The van der Waals surface area contributed by atoms with E-state index in [0.29, 0.717) is 23.6 Å². The Hall–Kier alpha value is -3.08. The average molecular weight is 477 g/mol. The van der Waals surface area contributed by atoms with Crippen LogP contribution in [0.15, 0.2) is 30.5 Å². The predicted molar refractivity (Wildman–Crippen MR) is 115 cm³/mol. The molecule has 2 heterocycles. The summed E-state index contributed by atoms with van der Waals surface area (Å²) >= 11 is 0. The van der Waals surface area contributed by atoms with Crippen LogP contribution in [-0.2, 0) is 6.18 Å². The van der Waals surface area contributed by atoms with Crippen molar-refractivity contribution in [3.63, 3.8) is 0 Å². The Kier molecular flexibility index (Phi) is 6.09. The number of halogens is 3. The third kappa shape index (κ3) is 5.19. The van der Waals surface area contributed by atoms with Gasteiger partial charge in [0.15, 0.2) is 0 Å². The summed E-state index contributed by atoms with van der Waals surface area (Å²) in [4.78, 5) is 33.1. The van der Waals surface area contributed by atoms with Gasteiger partial charge in [-0.25, -0.2) is 19.7 Å². The van der Waals surface area contributed by atoms with Crippen LogP contribution >= 0.6 is 0 Å². The quantitative estimate of drug-likeness (QED) is 0.618. The Morgan fingerprint density at radius 2 is 1.79 bits per heavy atom. The fraction of sp³-hybridized carbons (Fsp3) is 0.522. The largest absolute Gasteiger partial charge is 0.475 e. The van der Waals surface area contributed by atoms with Crippen molar-refractivity contribution >= 4 is 11.9 Å². The molecular formula is C23H26F3N5O3. The topological polar surface area (TPSA) is 131 Å². The second-order valence-corrected chi connectivity index (χ2v) is 9.79. The Balaban J connectivity index is 0.000000182. The van der Waals surface area contributed by atoms with Gasteiger partial charge in [-0.3, -0.25) is 4.79 Å². The normalized spacial score (nSPS) is 29.2. The molecule has 182 valence electrons. The van der Waals surface area contributed by atoms with Gasteiger partial charge in [0, 0.05) is 23.0 Å². The lowest BCUT2D eigenvalue weighted by molar-refractivity contribution is -0.141. The van der Waals surface area contributed by atoms with E-state index in [1.54, 1.807) is 6.07 Å². The zero-order valence-corrected chi connectivity index (χ0v) is 18.6. The number of nitrogens with zero attached hydrogens (tertiary/aromatic N) is 3. The number of alkyl halides is 3. The third-order valence-electron chi connectivity index (χ3n) is 6.74. The van der Waals surface area contributed by atoms with Gasteiger partial charge < -0.3 is 16.2 Å². The second-order valence-electron chi connectivity index (χ2n) is 9.79. The van der Waals surface area contributed by atoms with Gasteiger partial charge in [-0.1, -0.05) is 6.07 Å². The molecule has 4 N–H and O–H groups in total. The first kappa shape index (κ1) is 24.1. The van der Waals surface area contributed by atoms with E-state index in [0.717, 1.165) is 44.0 Å². The van der Waals surface area contributed by atoms with Crippen LogP contribution in [0.5, 0.6) is 0 Å². The molecule has 2 atom stereocenters. The molecule has 0 saturated heterocycles. The number of hydrogen-bond donors (Lipinski definition) is 3. The highest BCUT2D eigenvalue weighted by Gasteiger charge is 2.56. The number of carboxylic acid groups (broad SMARTS) is 1. The molecule has 0 spiro atoms. The fourth-order valence-electron chi connectivity index (χ4n) is 6.07.